The Kier molecular flexibility index (Phi) is 4.80. The molecular weight excluding hydrogens is 361 g/mol. The van der Waals surface area contributed by atoms with Gasteiger partial charge in [0.1, 0.15) is 0 Å². The highest BCUT2D eigenvalue weighted by Crippen LogP contribution is 2.29. The van der Waals surface area contributed by atoms with Gasteiger partial charge in [0.05, 0.1) is 11.3 Å². The molecule has 0 aliphatic heterocycles. The maximum atomic E-state index is 14.0. The van der Waals surface area contributed by atoms with E-state index < -0.39 is 11.7 Å². The Morgan fingerprint density at radius 2 is 2.14 bits per heavy atom. The third kappa shape index (κ3) is 3.33. The van der Waals surface area contributed by atoms with Gasteiger partial charge >= 0.3 is 0 Å². The molecule has 0 atom stereocenters. The first-order chi connectivity index (χ1) is 9.93. The molecule has 1 amide bonds. The molecule has 21 heavy (non-hydrogen) atoms. The Hall–Kier alpha value is -1.66. The van der Waals surface area contributed by atoms with Gasteiger partial charge in [-0.3, -0.25) is 4.79 Å². The number of rotatable bonds is 3. The third-order valence-electron chi connectivity index (χ3n) is 2.87. The van der Waals surface area contributed by atoms with Gasteiger partial charge in [0.15, 0.2) is 11.6 Å². The molecule has 2 aromatic rings. The van der Waals surface area contributed by atoms with E-state index in [-0.39, 0.29) is 11.4 Å². The lowest BCUT2D eigenvalue weighted by Gasteiger charge is -2.11. The van der Waals surface area contributed by atoms with Crippen molar-refractivity contribution in [3.8, 4) is 0 Å². The first-order valence-corrected chi connectivity index (χ1v) is 7.20. The SMILES string of the molecule is CNc1nccc(C(=O)Nc2cc(Cl)c(C)cc2Br)c1F. The van der Waals surface area contributed by atoms with Crippen molar-refractivity contribution < 1.29 is 9.18 Å². The molecule has 1 heterocycles. The zero-order valence-electron chi connectivity index (χ0n) is 11.3. The maximum absolute atomic E-state index is 14.0. The number of aryl methyl sites for hydroxylation is 1. The number of carbonyl (C=O) groups is 1. The van der Waals surface area contributed by atoms with Crippen LogP contribution in [-0.4, -0.2) is 17.9 Å². The summed E-state index contributed by atoms with van der Waals surface area (Å²) in [6.07, 6.45) is 1.36. The summed E-state index contributed by atoms with van der Waals surface area (Å²) in [4.78, 5) is 16.0. The minimum Gasteiger partial charge on any atom is -0.371 e. The summed E-state index contributed by atoms with van der Waals surface area (Å²) in [7, 11) is 1.53. The highest BCUT2D eigenvalue weighted by Gasteiger charge is 2.17. The van der Waals surface area contributed by atoms with Crippen molar-refractivity contribution in [1.29, 1.82) is 0 Å². The van der Waals surface area contributed by atoms with Crippen LogP contribution in [0.25, 0.3) is 0 Å². The van der Waals surface area contributed by atoms with Crippen molar-refractivity contribution in [3.05, 3.63) is 50.8 Å². The van der Waals surface area contributed by atoms with Crippen LogP contribution < -0.4 is 10.6 Å². The second-order valence-electron chi connectivity index (χ2n) is 4.31. The van der Waals surface area contributed by atoms with Gasteiger partial charge in [-0.2, -0.15) is 0 Å². The number of hydrogen-bond acceptors (Lipinski definition) is 3. The van der Waals surface area contributed by atoms with E-state index in [4.69, 9.17) is 11.6 Å². The summed E-state index contributed by atoms with van der Waals surface area (Å²) >= 11 is 9.37. The molecule has 0 fully saturated rings. The zero-order valence-corrected chi connectivity index (χ0v) is 13.6. The highest BCUT2D eigenvalue weighted by molar-refractivity contribution is 9.10. The number of halogens is 3. The average Bonchev–Trinajstić information content (AvgIpc) is 2.44. The molecule has 4 nitrogen and oxygen atoms in total. The number of nitrogens with one attached hydrogen (secondary N) is 2. The molecule has 7 heteroatoms. The van der Waals surface area contributed by atoms with Crippen molar-refractivity contribution in [1.82, 2.24) is 4.98 Å². The molecule has 2 N–H and O–H groups in total. The lowest BCUT2D eigenvalue weighted by atomic mass is 10.2. The van der Waals surface area contributed by atoms with Gasteiger partial charge in [-0.15, -0.1) is 0 Å². The van der Waals surface area contributed by atoms with Crippen LogP contribution >= 0.6 is 27.5 Å². The summed E-state index contributed by atoms with van der Waals surface area (Å²) < 4.78 is 14.7. The number of nitrogens with zero attached hydrogens (tertiary/aromatic N) is 1. The summed E-state index contributed by atoms with van der Waals surface area (Å²) in [6.45, 7) is 1.85. The van der Waals surface area contributed by atoms with Gasteiger partial charge in [-0.05, 0) is 46.6 Å². The monoisotopic (exact) mass is 371 g/mol. The number of anilines is 2. The molecule has 0 unspecified atom stereocenters. The molecule has 110 valence electrons. The van der Waals surface area contributed by atoms with Crippen LogP contribution in [0, 0.1) is 12.7 Å². The maximum Gasteiger partial charge on any atom is 0.258 e. The van der Waals surface area contributed by atoms with Gasteiger partial charge in [0, 0.05) is 22.7 Å². The van der Waals surface area contributed by atoms with Crippen molar-refractivity contribution in [2.24, 2.45) is 0 Å². The summed E-state index contributed by atoms with van der Waals surface area (Å²) in [5.41, 5.74) is 1.24. The number of carbonyl (C=O) groups excluding carboxylic acids is 1. The van der Waals surface area contributed by atoms with Crippen molar-refractivity contribution in [2.75, 3.05) is 17.7 Å². The van der Waals surface area contributed by atoms with Crippen LogP contribution in [0.3, 0.4) is 0 Å². The smallest absolute Gasteiger partial charge is 0.258 e. The van der Waals surface area contributed by atoms with Crippen molar-refractivity contribution in [3.63, 3.8) is 0 Å². The standard InChI is InChI=1S/C14H12BrClFN3O/c1-7-5-9(15)11(6-10(7)16)20-14(21)8-3-4-19-13(18-2)12(8)17/h3-6H,1-2H3,(H,18,19)(H,20,21). The summed E-state index contributed by atoms with van der Waals surface area (Å²) in [5, 5.41) is 5.72. The van der Waals surface area contributed by atoms with Gasteiger partial charge in [0.25, 0.3) is 5.91 Å². The predicted molar refractivity (Wildman–Crippen MR) is 85.6 cm³/mol. The average molecular weight is 373 g/mol. The molecule has 0 spiro atoms. The van der Waals surface area contributed by atoms with Crippen molar-refractivity contribution >= 4 is 44.9 Å². The highest BCUT2D eigenvalue weighted by atomic mass is 79.9. The fraction of sp³-hybridized carbons (Fsp3) is 0.143. The molecule has 2 rings (SSSR count). The fourth-order valence-corrected chi connectivity index (χ4v) is 2.45. The normalized spacial score (nSPS) is 10.3. The van der Waals surface area contributed by atoms with Gasteiger partial charge < -0.3 is 10.6 Å². The molecule has 0 bridgehead atoms. The van der Waals surface area contributed by atoms with Crippen molar-refractivity contribution in [2.45, 2.75) is 6.92 Å². The van der Waals surface area contributed by atoms with Crippen LogP contribution in [-0.2, 0) is 0 Å². The minimum atomic E-state index is -0.702. The van der Waals surface area contributed by atoms with E-state index in [0.717, 1.165) is 5.56 Å². The second kappa shape index (κ2) is 6.41. The van der Waals surface area contributed by atoms with Crippen LogP contribution in [0.5, 0.6) is 0 Å². The molecule has 0 saturated carbocycles. The van der Waals surface area contributed by atoms with Crippen LogP contribution in [0.1, 0.15) is 15.9 Å². The Morgan fingerprint density at radius 1 is 1.43 bits per heavy atom. The fourth-order valence-electron chi connectivity index (χ4n) is 1.73. The molecule has 0 saturated heterocycles. The van der Waals surface area contributed by atoms with Crippen LogP contribution in [0.2, 0.25) is 5.02 Å². The van der Waals surface area contributed by atoms with E-state index in [0.29, 0.717) is 15.2 Å². The number of amides is 1. The largest absolute Gasteiger partial charge is 0.371 e. The quantitative estimate of drug-likeness (QED) is 0.847. The predicted octanol–water partition coefficient (Wildman–Crippen LogP) is 4.24. The van der Waals surface area contributed by atoms with E-state index in [1.165, 1.54) is 19.3 Å². The van der Waals surface area contributed by atoms with Gasteiger partial charge in [-0.1, -0.05) is 11.6 Å². The molecule has 1 aromatic carbocycles. The molecular formula is C14H12BrClFN3O. The molecule has 0 aliphatic carbocycles. The molecule has 0 aliphatic rings. The van der Waals surface area contributed by atoms with Gasteiger partial charge in [0.2, 0.25) is 0 Å². The first kappa shape index (κ1) is 15.7. The topological polar surface area (TPSA) is 54.0 Å². The van der Waals surface area contributed by atoms with Crippen LogP contribution in [0.4, 0.5) is 15.9 Å². The summed E-state index contributed by atoms with van der Waals surface area (Å²) in [5.74, 6) is -1.26. The Labute approximate surface area is 134 Å². The molecule has 0 radical (unpaired) electrons. The number of benzene rings is 1. The Morgan fingerprint density at radius 3 is 2.81 bits per heavy atom. The van der Waals surface area contributed by atoms with Gasteiger partial charge in [-0.25, -0.2) is 9.37 Å². The second-order valence-corrected chi connectivity index (χ2v) is 5.57. The number of hydrogen-bond donors (Lipinski definition) is 2. The van der Waals surface area contributed by atoms with E-state index in [2.05, 4.69) is 31.5 Å². The first-order valence-electron chi connectivity index (χ1n) is 6.03. The summed E-state index contributed by atoms with van der Waals surface area (Å²) in [6, 6.07) is 4.70. The van der Waals surface area contributed by atoms with E-state index in [9.17, 15) is 9.18 Å². The number of pyridine rings is 1. The Bertz CT molecular complexity index is 709. The Balaban J connectivity index is 2.33. The molecule has 1 aromatic heterocycles. The number of aromatic nitrogens is 1. The lowest BCUT2D eigenvalue weighted by Crippen LogP contribution is -2.15. The zero-order chi connectivity index (χ0) is 15.6. The van der Waals surface area contributed by atoms with E-state index in [1.54, 1.807) is 12.1 Å². The third-order valence-corrected chi connectivity index (χ3v) is 3.93. The minimum absolute atomic E-state index is 0.0173. The van der Waals surface area contributed by atoms with E-state index >= 15 is 0 Å². The van der Waals surface area contributed by atoms with Crippen LogP contribution in [0.15, 0.2) is 28.9 Å². The lowest BCUT2D eigenvalue weighted by molar-refractivity contribution is 0.102. The van der Waals surface area contributed by atoms with E-state index in [1.807, 2.05) is 6.92 Å².